The van der Waals surface area contributed by atoms with Crippen LogP contribution >= 0.6 is 0 Å². The smallest absolute Gasteiger partial charge is 0.257 e. The van der Waals surface area contributed by atoms with Crippen molar-refractivity contribution in [2.45, 2.75) is 26.8 Å². The molecule has 0 aliphatic carbocycles. The monoisotopic (exact) mass is 405 g/mol. The fraction of sp³-hybridized carbons (Fsp3) is 0.273. The van der Waals surface area contributed by atoms with Crippen molar-refractivity contribution >= 4 is 22.9 Å². The molecule has 0 radical (unpaired) electrons. The van der Waals surface area contributed by atoms with Gasteiger partial charge in [-0.15, -0.1) is 0 Å². The Labute approximate surface area is 173 Å². The molecule has 1 N–H and O–H groups in total. The van der Waals surface area contributed by atoms with Gasteiger partial charge in [0, 0.05) is 30.9 Å². The van der Waals surface area contributed by atoms with Crippen molar-refractivity contribution in [2.75, 3.05) is 18.5 Å². The number of carbonyl (C=O) groups excluding carboxylic acids is 1. The van der Waals surface area contributed by atoms with Crippen LogP contribution in [0.1, 0.15) is 29.5 Å². The number of benzene rings is 2. The maximum atomic E-state index is 12.8. The molecule has 0 fully saturated rings. The molecule has 30 heavy (non-hydrogen) atoms. The molecule has 8 heteroatoms. The molecule has 2 aromatic heterocycles. The standard InChI is InChI=1S/C22H23N5O3/c1-3-29-14-6-13-27-19-8-5-4-7-18(19)24-22(27)25-20(28)16-9-11-17(12-10-16)21-23-15(2)26-30-21/h4-5,7-12H,3,6,13-14H2,1-2H3,(H,24,25,28). The number of carbonyl (C=O) groups is 1. The van der Waals surface area contributed by atoms with Crippen molar-refractivity contribution in [3.8, 4) is 11.5 Å². The maximum absolute atomic E-state index is 12.8. The number of aromatic nitrogens is 4. The maximum Gasteiger partial charge on any atom is 0.257 e. The molecule has 8 nitrogen and oxygen atoms in total. The Morgan fingerprint density at radius 2 is 1.93 bits per heavy atom. The Balaban J connectivity index is 1.53. The van der Waals surface area contributed by atoms with E-state index >= 15 is 0 Å². The molecule has 0 aliphatic heterocycles. The summed E-state index contributed by atoms with van der Waals surface area (Å²) in [5.41, 5.74) is 3.09. The van der Waals surface area contributed by atoms with E-state index in [2.05, 4.69) is 20.4 Å². The van der Waals surface area contributed by atoms with Gasteiger partial charge >= 0.3 is 0 Å². The van der Waals surface area contributed by atoms with E-state index in [1.807, 2.05) is 35.8 Å². The Hall–Kier alpha value is -3.52. The van der Waals surface area contributed by atoms with Gasteiger partial charge in [0.05, 0.1) is 11.0 Å². The van der Waals surface area contributed by atoms with Crippen LogP contribution in [-0.2, 0) is 11.3 Å². The molecule has 154 valence electrons. The van der Waals surface area contributed by atoms with Crippen LogP contribution in [0.3, 0.4) is 0 Å². The van der Waals surface area contributed by atoms with E-state index in [0.29, 0.717) is 43.0 Å². The number of fused-ring (bicyclic) bond motifs is 1. The molecule has 0 saturated carbocycles. The number of hydrogen-bond donors (Lipinski definition) is 1. The second-order valence-corrected chi connectivity index (χ2v) is 6.80. The van der Waals surface area contributed by atoms with Gasteiger partial charge in [0.25, 0.3) is 11.8 Å². The number of aryl methyl sites for hydroxylation is 2. The quantitative estimate of drug-likeness (QED) is 0.444. The van der Waals surface area contributed by atoms with Gasteiger partial charge in [0.15, 0.2) is 5.82 Å². The van der Waals surface area contributed by atoms with E-state index in [1.54, 1.807) is 31.2 Å². The summed E-state index contributed by atoms with van der Waals surface area (Å²) in [6.45, 7) is 5.78. The van der Waals surface area contributed by atoms with Crippen LogP contribution in [0.4, 0.5) is 5.95 Å². The van der Waals surface area contributed by atoms with E-state index in [9.17, 15) is 4.79 Å². The lowest BCUT2D eigenvalue weighted by Crippen LogP contribution is -2.16. The highest BCUT2D eigenvalue weighted by Crippen LogP contribution is 2.22. The van der Waals surface area contributed by atoms with Crippen molar-refractivity contribution in [3.05, 3.63) is 59.9 Å². The molecule has 2 heterocycles. The van der Waals surface area contributed by atoms with Crippen molar-refractivity contribution in [1.82, 2.24) is 19.7 Å². The fourth-order valence-electron chi connectivity index (χ4n) is 3.22. The Morgan fingerprint density at radius 1 is 1.13 bits per heavy atom. The molecular weight excluding hydrogens is 382 g/mol. The van der Waals surface area contributed by atoms with Crippen molar-refractivity contribution in [1.29, 1.82) is 0 Å². The summed E-state index contributed by atoms with van der Waals surface area (Å²) >= 11 is 0. The van der Waals surface area contributed by atoms with Crippen LogP contribution in [-0.4, -0.2) is 38.8 Å². The molecule has 0 aliphatic rings. The van der Waals surface area contributed by atoms with Gasteiger partial charge in [-0.2, -0.15) is 4.98 Å². The lowest BCUT2D eigenvalue weighted by Gasteiger charge is -2.10. The Morgan fingerprint density at radius 3 is 2.67 bits per heavy atom. The SMILES string of the molecule is CCOCCCn1c(NC(=O)c2ccc(-c3nc(C)no3)cc2)nc2ccccc21. The zero-order chi connectivity index (χ0) is 20.9. The summed E-state index contributed by atoms with van der Waals surface area (Å²) in [6.07, 6.45) is 0.829. The van der Waals surface area contributed by atoms with Crippen molar-refractivity contribution < 1.29 is 14.1 Å². The van der Waals surface area contributed by atoms with E-state index in [0.717, 1.165) is 23.0 Å². The van der Waals surface area contributed by atoms with Crippen molar-refractivity contribution in [3.63, 3.8) is 0 Å². The van der Waals surface area contributed by atoms with Crippen LogP contribution in [0.15, 0.2) is 53.1 Å². The topological polar surface area (TPSA) is 95.1 Å². The first-order valence-corrected chi connectivity index (χ1v) is 9.91. The second-order valence-electron chi connectivity index (χ2n) is 6.80. The molecule has 0 saturated heterocycles. The van der Waals surface area contributed by atoms with Crippen LogP contribution in [0.5, 0.6) is 0 Å². The number of imidazole rings is 1. The third-order valence-corrected chi connectivity index (χ3v) is 4.68. The molecular formula is C22H23N5O3. The van der Waals surface area contributed by atoms with Crippen LogP contribution in [0.25, 0.3) is 22.5 Å². The summed E-state index contributed by atoms with van der Waals surface area (Å²) < 4.78 is 12.6. The van der Waals surface area contributed by atoms with Gasteiger partial charge in [0.1, 0.15) is 0 Å². The number of hydrogen-bond acceptors (Lipinski definition) is 6. The molecule has 0 unspecified atom stereocenters. The van der Waals surface area contributed by atoms with Crippen molar-refractivity contribution in [2.24, 2.45) is 0 Å². The minimum absolute atomic E-state index is 0.232. The van der Waals surface area contributed by atoms with Gasteiger partial charge < -0.3 is 13.8 Å². The van der Waals surface area contributed by atoms with Crippen LogP contribution in [0.2, 0.25) is 0 Å². The van der Waals surface area contributed by atoms with Gasteiger partial charge in [-0.25, -0.2) is 4.98 Å². The highest BCUT2D eigenvalue weighted by molar-refractivity contribution is 6.04. The van der Waals surface area contributed by atoms with E-state index < -0.39 is 0 Å². The zero-order valence-corrected chi connectivity index (χ0v) is 17.0. The molecule has 2 aromatic carbocycles. The average molecular weight is 405 g/mol. The number of nitrogens with zero attached hydrogens (tertiary/aromatic N) is 4. The number of rotatable bonds is 8. The number of anilines is 1. The normalized spacial score (nSPS) is 11.1. The lowest BCUT2D eigenvalue weighted by molar-refractivity contribution is 0.102. The average Bonchev–Trinajstić information content (AvgIpc) is 3.35. The van der Waals surface area contributed by atoms with Gasteiger partial charge in [-0.05, 0) is 56.7 Å². The summed E-state index contributed by atoms with van der Waals surface area (Å²) in [6, 6.07) is 14.9. The zero-order valence-electron chi connectivity index (χ0n) is 17.0. The summed E-state index contributed by atoms with van der Waals surface area (Å²) in [5.74, 6) is 1.28. The summed E-state index contributed by atoms with van der Waals surface area (Å²) in [5, 5.41) is 6.73. The number of para-hydroxylation sites is 2. The first kappa shape index (κ1) is 19.8. The molecule has 4 rings (SSSR count). The Bertz CT molecular complexity index is 1150. The van der Waals surface area contributed by atoms with Gasteiger partial charge in [-0.3, -0.25) is 10.1 Å². The molecule has 0 bridgehead atoms. The first-order chi connectivity index (χ1) is 14.7. The minimum Gasteiger partial charge on any atom is -0.382 e. The largest absolute Gasteiger partial charge is 0.382 e. The Kier molecular flexibility index (Phi) is 5.85. The summed E-state index contributed by atoms with van der Waals surface area (Å²) in [7, 11) is 0. The van der Waals surface area contributed by atoms with E-state index in [4.69, 9.17) is 9.26 Å². The second kappa shape index (κ2) is 8.87. The fourth-order valence-corrected chi connectivity index (χ4v) is 3.22. The first-order valence-electron chi connectivity index (χ1n) is 9.91. The van der Waals surface area contributed by atoms with Crippen LogP contribution in [0, 0.1) is 6.92 Å². The van der Waals surface area contributed by atoms with Gasteiger partial charge in [0.2, 0.25) is 5.95 Å². The minimum atomic E-state index is -0.232. The van der Waals surface area contributed by atoms with E-state index in [-0.39, 0.29) is 5.91 Å². The number of amides is 1. The third-order valence-electron chi connectivity index (χ3n) is 4.68. The van der Waals surface area contributed by atoms with E-state index in [1.165, 1.54) is 0 Å². The predicted octanol–water partition coefficient (Wildman–Crippen LogP) is 4.07. The lowest BCUT2D eigenvalue weighted by atomic mass is 10.1. The third kappa shape index (κ3) is 4.23. The summed E-state index contributed by atoms with van der Waals surface area (Å²) in [4.78, 5) is 21.6. The van der Waals surface area contributed by atoms with Gasteiger partial charge in [-0.1, -0.05) is 17.3 Å². The highest BCUT2D eigenvalue weighted by atomic mass is 16.5. The molecule has 0 spiro atoms. The highest BCUT2D eigenvalue weighted by Gasteiger charge is 2.15. The molecule has 4 aromatic rings. The number of ether oxygens (including phenoxy) is 1. The molecule has 1 amide bonds. The van der Waals surface area contributed by atoms with Crippen LogP contribution < -0.4 is 5.32 Å². The predicted molar refractivity (Wildman–Crippen MR) is 113 cm³/mol. The number of nitrogens with one attached hydrogen (secondary N) is 1. The molecule has 0 atom stereocenters.